The molecular formula is C19H19N3O3S. The summed E-state index contributed by atoms with van der Waals surface area (Å²) in [5.74, 6) is -0.593. The standard InChI is InChI=1S/C19H19N3O3S/c1-3-11-21-16-10-9-13(4-2)12-17(16)26-19(21)20-18(23)14-7-5-6-8-15(14)22(24)25/h5-10,12H,3-4,11H2,1-2H3. The molecule has 0 saturated carbocycles. The molecule has 6 nitrogen and oxygen atoms in total. The zero-order valence-corrected chi connectivity index (χ0v) is 15.5. The Hall–Kier alpha value is -2.80. The predicted molar refractivity (Wildman–Crippen MR) is 102 cm³/mol. The second-order valence-electron chi connectivity index (χ2n) is 5.88. The molecule has 0 aliphatic carbocycles. The number of carbonyl (C=O) groups excluding carboxylic acids is 1. The summed E-state index contributed by atoms with van der Waals surface area (Å²) in [5, 5.41) is 11.2. The van der Waals surface area contributed by atoms with Crippen LogP contribution in [0.5, 0.6) is 0 Å². The third kappa shape index (κ3) is 3.43. The Bertz CT molecular complexity index is 1050. The second-order valence-corrected chi connectivity index (χ2v) is 6.89. The molecule has 1 aromatic heterocycles. The van der Waals surface area contributed by atoms with Crippen LogP contribution < -0.4 is 4.80 Å². The minimum absolute atomic E-state index is 0.00671. The fraction of sp³-hybridized carbons (Fsp3) is 0.263. The molecule has 1 heterocycles. The first-order chi connectivity index (χ1) is 12.5. The van der Waals surface area contributed by atoms with E-state index < -0.39 is 10.8 Å². The van der Waals surface area contributed by atoms with Crippen LogP contribution in [0.2, 0.25) is 0 Å². The van der Waals surface area contributed by atoms with Crippen molar-refractivity contribution in [2.75, 3.05) is 0 Å². The number of nitro benzene ring substituents is 1. The number of amides is 1. The van der Waals surface area contributed by atoms with Gasteiger partial charge in [0.1, 0.15) is 5.56 Å². The molecule has 0 aliphatic rings. The summed E-state index contributed by atoms with van der Waals surface area (Å²) in [6.45, 7) is 4.89. The predicted octanol–water partition coefficient (Wildman–Crippen LogP) is 4.32. The van der Waals surface area contributed by atoms with Crippen LogP contribution >= 0.6 is 11.3 Å². The topological polar surface area (TPSA) is 77.5 Å². The fourth-order valence-electron chi connectivity index (χ4n) is 2.82. The molecule has 1 amide bonds. The van der Waals surface area contributed by atoms with Crippen molar-refractivity contribution in [1.29, 1.82) is 0 Å². The van der Waals surface area contributed by atoms with Crippen molar-refractivity contribution >= 4 is 33.1 Å². The van der Waals surface area contributed by atoms with Crippen molar-refractivity contribution in [2.24, 2.45) is 4.99 Å². The van der Waals surface area contributed by atoms with Gasteiger partial charge in [-0.3, -0.25) is 14.9 Å². The summed E-state index contributed by atoms with van der Waals surface area (Å²) in [6.07, 6.45) is 1.83. The summed E-state index contributed by atoms with van der Waals surface area (Å²) < 4.78 is 3.07. The molecule has 2 aromatic carbocycles. The van der Waals surface area contributed by atoms with Gasteiger partial charge in [0.15, 0.2) is 4.80 Å². The molecule has 0 spiro atoms. The molecule has 0 radical (unpaired) electrons. The van der Waals surface area contributed by atoms with Crippen LogP contribution in [0.3, 0.4) is 0 Å². The van der Waals surface area contributed by atoms with Crippen molar-refractivity contribution in [3.63, 3.8) is 0 Å². The highest BCUT2D eigenvalue weighted by atomic mass is 32.1. The maximum atomic E-state index is 12.6. The second kappa shape index (κ2) is 7.61. The summed E-state index contributed by atoms with van der Waals surface area (Å²) in [6, 6.07) is 12.1. The van der Waals surface area contributed by atoms with Crippen LogP contribution in [-0.2, 0) is 13.0 Å². The lowest BCUT2D eigenvalue weighted by Gasteiger charge is -2.03. The molecule has 0 bridgehead atoms. The number of fused-ring (bicyclic) bond motifs is 1. The van der Waals surface area contributed by atoms with E-state index in [1.807, 2.05) is 4.57 Å². The molecular weight excluding hydrogens is 350 g/mol. The molecule has 0 aliphatic heterocycles. The fourth-order valence-corrected chi connectivity index (χ4v) is 3.94. The van der Waals surface area contributed by atoms with Gasteiger partial charge in [-0.1, -0.05) is 43.4 Å². The van der Waals surface area contributed by atoms with E-state index in [4.69, 9.17) is 0 Å². The zero-order valence-electron chi connectivity index (χ0n) is 14.6. The van der Waals surface area contributed by atoms with Gasteiger partial charge in [-0.15, -0.1) is 0 Å². The number of rotatable bonds is 5. The molecule has 0 saturated heterocycles. The highest BCUT2D eigenvalue weighted by molar-refractivity contribution is 7.16. The summed E-state index contributed by atoms with van der Waals surface area (Å²) >= 11 is 1.44. The number of nitro groups is 1. The lowest BCUT2D eigenvalue weighted by Crippen LogP contribution is -2.17. The number of hydrogen-bond acceptors (Lipinski definition) is 4. The van der Waals surface area contributed by atoms with Crippen LogP contribution in [0, 0.1) is 10.1 Å². The lowest BCUT2D eigenvalue weighted by atomic mass is 10.1. The molecule has 134 valence electrons. The van der Waals surface area contributed by atoms with Crippen molar-refractivity contribution in [2.45, 2.75) is 33.2 Å². The maximum Gasteiger partial charge on any atom is 0.286 e. The Morgan fingerprint density at radius 2 is 2.00 bits per heavy atom. The van der Waals surface area contributed by atoms with Crippen LogP contribution in [0.15, 0.2) is 47.5 Å². The van der Waals surface area contributed by atoms with E-state index in [2.05, 4.69) is 37.0 Å². The lowest BCUT2D eigenvalue weighted by molar-refractivity contribution is -0.385. The molecule has 0 fully saturated rings. The Kier molecular flexibility index (Phi) is 5.27. The number of hydrogen-bond donors (Lipinski definition) is 0. The molecule has 0 unspecified atom stereocenters. The number of nitrogens with zero attached hydrogens (tertiary/aromatic N) is 3. The molecule has 3 rings (SSSR count). The number of benzene rings is 2. The molecule has 26 heavy (non-hydrogen) atoms. The van der Waals surface area contributed by atoms with Gasteiger partial charge in [0.05, 0.1) is 15.1 Å². The van der Waals surface area contributed by atoms with Crippen LogP contribution in [-0.4, -0.2) is 15.4 Å². The third-order valence-electron chi connectivity index (χ3n) is 4.13. The summed E-state index contributed by atoms with van der Waals surface area (Å²) in [5.41, 5.74) is 2.03. The van der Waals surface area contributed by atoms with Gasteiger partial charge < -0.3 is 4.57 Å². The molecule has 7 heteroatoms. The zero-order chi connectivity index (χ0) is 18.7. The van der Waals surface area contributed by atoms with E-state index in [1.165, 1.54) is 35.1 Å². The Labute approximate surface area is 154 Å². The normalized spacial score (nSPS) is 11.8. The first kappa shape index (κ1) is 18.0. The quantitative estimate of drug-likeness (QED) is 0.496. The van der Waals surface area contributed by atoms with E-state index in [-0.39, 0.29) is 11.3 Å². The largest absolute Gasteiger partial charge is 0.316 e. The Morgan fingerprint density at radius 1 is 1.23 bits per heavy atom. The van der Waals surface area contributed by atoms with Crippen LogP contribution in [0.1, 0.15) is 36.2 Å². The summed E-state index contributed by atoms with van der Waals surface area (Å²) in [4.78, 5) is 28.0. The van der Waals surface area contributed by atoms with Gasteiger partial charge in [-0.05, 0) is 36.6 Å². The van der Waals surface area contributed by atoms with Gasteiger partial charge in [0.2, 0.25) is 0 Å². The van der Waals surface area contributed by atoms with Crippen LogP contribution in [0.25, 0.3) is 10.2 Å². The molecule has 0 N–H and O–H groups in total. The van der Waals surface area contributed by atoms with E-state index in [0.29, 0.717) is 4.80 Å². The molecule has 3 aromatic rings. The highest BCUT2D eigenvalue weighted by Crippen LogP contribution is 2.21. The SMILES string of the molecule is CCCn1c(=NC(=O)c2ccccc2[N+](=O)[O-])sc2cc(CC)ccc21. The van der Waals surface area contributed by atoms with E-state index in [1.54, 1.807) is 6.07 Å². The van der Waals surface area contributed by atoms with E-state index in [9.17, 15) is 14.9 Å². The van der Waals surface area contributed by atoms with Crippen LogP contribution in [0.4, 0.5) is 5.69 Å². The number of aromatic nitrogens is 1. The van der Waals surface area contributed by atoms with Gasteiger partial charge in [0, 0.05) is 12.6 Å². The van der Waals surface area contributed by atoms with Gasteiger partial charge in [0.25, 0.3) is 11.6 Å². The minimum Gasteiger partial charge on any atom is -0.316 e. The number of carbonyl (C=O) groups is 1. The first-order valence-corrected chi connectivity index (χ1v) is 9.31. The van der Waals surface area contributed by atoms with E-state index >= 15 is 0 Å². The Balaban J connectivity index is 2.16. The van der Waals surface area contributed by atoms with Gasteiger partial charge in [-0.25, -0.2) is 0 Å². The third-order valence-corrected chi connectivity index (χ3v) is 5.17. The van der Waals surface area contributed by atoms with Gasteiger partial charge in [-0.2, -0.15) is 4.99 Å². The monoisotopic (exact) mass is 369 g/mol. The van der Waals surface area contributed by atoms with Crippen molar-refractivity contribution in [3.8, 4) is 0 Å². The van der Waals surface area contributed by atoms with Crippen molar-refractivity contribution < 1.29 is 9.72 Å². The highest BCUT2D eigenvalue weighted by Gasteiger charge is 2.19. The smallest absolute Gasteiger partial charge is 0.286 e. The summed E-state index contributed by atoms with van der Waals surface area (Å²) in [7, 11) is 0. The first-order valence-electron chi connectivity index (χ1n) is 8.49. The average molecular weight is 369 g/mol. The number of aryl methyl sites for hydroxylation is 2. The van der Waals surface area contributed by atoms with Crippen molar-refractivity contribution in [3.05, 3.63) is 68.5 Å². The molecule has 0 atom stereocenters. The minimum atomic E-state index is -0.593. The maximum absolute atomic E-state index is 12.6. The number of thiazole rings is 1. The number of para-hydroxylation sites is 1. The average Bonchev–Trinajstić information content (AvgIpc) is 2.98. The van der Waals surface area contributed by atoms with Gasteiger partial charge >= 0.3 is 0 Å². The van der Waals surface area contributed by atoms with E-state index in [0.717, 1.165) is 29.6 Å². The van der Waals surface area contributed by atoms with Crippen molar-refractivity contribution in [1.82, 2.24) is 4.57 Å². The Morgan fingerprint density at radius 3 is 2.69 bits per heavy atom.